The molecule has 2 fully saturated rings. The lowest BCUT2D eigenvalue weighted by atomic mass is 10.1. The molecule has 48 heavy (non-hydrogen) atoms. The van der Waals surface area contributed by atoms with E-state index in [9.17, 15) is 13.2 Å². The zero-order valence-electron chi connectivity index (χ0n) is 27.0. The number of nitrogens with zero attached hydrogens (tertiary/aromatic N) is 6. The third kappa shape index (κ3) is 7.03. The summed E-state index contributed by atoms with van der Waals surface area (Å²) < 4.78 is 36.5. The van der Waals surface area contributed by atoms with E-state index in [1.807, 2.05) is 68.6 Å². The Morgan fingerprint density at radius 2 is 1.58 bits per heavy atom. The average Bonchev–Trinajstić information content (AvgIpc) is 3.69. The maximum absolute atomic E-state index is 13.8. The minimum Gasteiger partial charge on any atom is -0.373 e. The molecular formula is C36H38N6O4S2. The van der Waals surface area contributed by atoms with Crippen LogP contribution in [0.15, 0.2) is 106 Å². The van der Waals surface area contributed by atoms with E-state index < -0.39 is 10.0 Å². The molecule has 0 aliphatic carbocycles. The number of hydrogen-bond donors (Lipinski definition) is 0. The number of ether oxygens (including phenoxy) is 1. The van der Waals surface area contributed by atoms with Crippen LogP contribution in [0.25, 0.3) is 23.0 Å². The second-order valence-electron chi connectivity index (χ2n) is 12.4. The number of morpholine rings is 1. The van der Waals surface area contributed by atoms with Gasteiger partial charge in [0.15, 0.2) is 5.17 Å². The third-order valence-electron chi connectivity index (χ3n) is 8.68. The van der Waals surface area contributed by atoms with Crippen molar-refractivity contribution in [2.24, 2.45) is 4.99 Å². The van der Waals surface area contributed by atoms with Gasteiger partial charge in [-0.2, -0.15) is 14.4 Å². The quantitative estimate of drug-likeness (QED) is 0.248. The van der Waals surface area contributed by atoms with Crippen molar-refractivity contribution in [2.75, 3.05) is 39.3 Å². The first-order valence-corrected chi connectivity index (χ1v) is 18.4. The van der Waals surface area contributed by atoms with Gasteiger partial charge in [-0.15, -0.1) is 0 Å². The van der Waals surface area contributed by atoms with Crippen molar-refractivity contribution in [1.82, 2.24) is 23.9 Å². The lowest BCUT2D eigenvalue weighted by molar-refractivity contribution is -0.113. The Kier molecular flexibility index (Phi) is 9.34. The van der Waals surface area contributed by atoms with E-state index in [-0.39, 0.29) is 23.0 Å². The normalized spacial score (nSPS) is 22.0. The van der Waals surface area contributed by atoms with Gasteiger partial charge in [-0.1, -0.05) is 60.7 Å². The largest absolute Gasteiger partial charge is 0.373 e. The molecule has 4 heterocycles. The van der Waals surface area contributed by atoms with Crippen LogP contribution in [0.2, 0.25) is 0 Å². The lowest BCUT2D eigenvalue weighted by Crippen LogP contribution is -2.48. The summed E-state index contributed by atoms with van der Waals surface area (Å²) in [5, 5.41) is 5.61. The van der Waals surface area contributed by atoms with E-state index in [0.717, 1.165) is 38.4 Å². The molecule has 0 N–H and O–H groups in total. The minimum absolute atomic E-state index is 0.192. The monoisotopic (exact) mass is 682 g/mol. The number of amidine groups is 1. The number of carbonyl (C=O) groups excluding carboxylic acids is 1. The van der Waals surface area contributed by atoms with Gasteiger partial charge in [0.2, 0.25) is 10.0 Å². The molecule has 1 aromatic heterocycles. The van der Waals surface area contributed by atoms with E-state index in [1.54, 1.807) is 22.9 Å². The summed E-state index contributed by atoms with van der Waals surface area (Å²) in [6.07, 6.45) is 3.30. The molecule has 2 unspecified atom stereocenters. The molecule has 3 aliphatic rings. The van der Waals surface area contributed by atoms with Gasteiger partial charge < -0.3 is 9.64 Å². The Morgan fingerprint density at radius 1 is 0.896 bits per heavy atom. The predicted octanol–water partition coefficient (Wildman–Crippen LogP) is 5.13. The summed E-state index contributed by atoms with van der Waals surface area (Å²) >= 11 is 1.38. The number of thioether (sulfide) groups is 1. The molecule has 0 bridgehead atoms. The van der Waals surface area contributed by atoms with Gasteiger partial charge in [0.25, 0.3) is 5.91 Å². The van der Waals surface area contributed by atoms with Crippen LogP contribution in [0.5, 0.6) is 0 Å². The number of sulfonamides is 1. The molecular weight excluding hydrogens is 645 g/mol. The number of aliphatic imine (C=N–C) groups is 1. The Balaban J connectivity index is 1.14. The molecule has 3 aromatic carbocycles. The van der Waals surface area contributed by atoms with Crippen molar-refractivity contribution in [1.29, 1.82) is 0 Å². The summed E-state index contributed by atoms with van der Waals surface area (Å²) in [7, 11) is -3.77. The molecule has 0 saturated carbocycles. The number of benzene rings is 3. The van der Waals surface area contributed by atoms with Crippen LogP contribution < -0.4 is 0 Å². The smallest absolute Gasteiger partial charge is 0.286 e. The van der Waals surface area contributed by atoms with Crippen molar-refractivity contribution in [3.8, 4) is 16.9 Å². The fourth-order valence-corrected chi connectivity index (χ4v) is 8.92. The van der Waals surface area contributed by atoms with Gasteiger partial charge in [0.05, 0.1) is 27.7 Å². The van der Waals surface area contributed by atoms with Crippen LogP contribution in [-0.2, 0) is 26.1 Å². The molecule has 10 nitrogen and oxygen atoms in total. The van der Waals surface area contributed by atoms with E-state index in [4.69, 9.17) is 9.84 Å². The highest BCUT2D eigenvalue weighted by Gasteiger charge is 2.33. The highest BCUT2D eigenvalue weighted by molar-refractivity contribution is 8.18. The highest BCUT2D eigenvalue weighted by Crippen LogP contribution is 2.34. The number of piperazine rings is 1. The molecule has 248 valence electrons. The Morgan fingerprint density at radius 3 is 2.29 bits per heavy atom. The molecule has 3 aliphatic heterocycles. The number of hydrogen-bond acceptors (Lipinski definition) is 8. The van der Waals surface area contributed by atoms with Gasteiger partial charge >= 0.3 is 0 Å². The van der Waals surface area contributed by atoms with Crippen LogP contribution in [0, 0.1) is 0 Å². The summed E-state index contributed by atoms with van der Waals surface area (Å²) in [5.41, 5.74) is 4.04. The number of para-hydroxylation sites is 1. The van der Waals surface area contributed by atoms with Crippen LogP contribution in [0.3, 0.4) is 0 Å². The summed E-state index contributed by atoms with van der Waals surface area (Å²) in [6, 6.07) is 27.0. The van der Waals surface area contributed by atoms with Crippen molar-refractivity contribution >= 4 is 38.9 Å². The van der Waals surface area contributed by atoms with E-state index >= 15 is 0 Å². The second kappa shape index (κ2) is 13.8. The maximum Gasteiger partial charge on any atom is 0.286 e. The van der Waals surface area contributed by atoms with Crippen LogP contribution in [0.1, 0.15) is 25.0 Å². The zero-order chi connectivity index (χ0) is 33.3. The Labute approximate surface area is 285 Å². The first kappa shape index (κ1) is 32.5. The van der Waals surface area contributed by atoms with Gasteiger partial charge in [-0.3, -0.25) is 9.69 Å². The summed E-state index contributed by atoms with van der Waals surface area (Å²) in [5.74, 6) is -0.285. The fourth-order valence-electron chi connectivity index (χ4n) is 6.32. The van der Waals surface area contributed by atoms with Crippen LogP contribution in [0.4, 0.5) is 0 Å². The molecule has 12 heteroatoms. The molecule has 4 aromatic rings. The molecule has 0 spiro atoms. The van der Waals surface area contributed by atoms with E-state index in [0.29, 0.717) is 40.0 Å². The fraction of sp³-hybridized carbons (Fsp3) is 0.306. The number of aromatic nitrogens is 2. The Bertz CT molecular complexity index is 1940. The van der Waals surface area contributed by atoms with Crippen molar-refractivity contribution in [2.45, 2.75) is 37.5 Å². The molecule has 0 radical (unpaired) electrons. The molecule has 2 saturated heterocycles. The van der Waals surface area contributed by atoms with Crippen molar-refractivity contribution in [3.05, 3.63) is 107 Å². The molecule has 7 rings (SSSR count). The zero-order valence-corrected chi connectivity index (χ0v) is 28.6. The van der Waals surface area contributed by atoms with Gasteiger partial charge in [-0.05, 0) is 61.5 Å². The number of amides is 1. The van der Waals surface area contributed by atoms with E-state index in [2.05, 4.69) is 39.1 Å². The standard InChI is InChI=1S/C36H38N6O4S2/c1-26-22-41(23-27(2)46-26)48(44,45)32-15-9-12-29(20-32)34-30(25-42(38-34)31-13-7-4-8-14-31)21-33-35(43)37-36(47-33)40-18-16-39(17-19-40)24-28-10-5-3-6-11-28/h3-15,20-21,25-27H,16-19,22-24H2,1-2H3. The van der Waals surface area contributed by atoms with Gasteiger partial charge in [0, 0.05) is 63.1 Å². The van der Waals surface area contributed by atoms with Gasteiger partial charge in [0.1, 0.15) is 5.69 Å². The SMILES string of the molecule is CC1CN(S(=O)(=O)c2cccc(-c3nn(-c4ccccc4)cc3C=C3SC(N4CCN(Cc5ccccc5)CC4)=NC3=O)c2)CC(C)O1. The maximum atomic E-state index is 13.8. The average molecular weight is 683 g/mol. The topological polar surface area (TPSA) is 100 Å². The first-order chi connectivity index (χ1) is 23.2. The highest BCUT2D eigenvalue weighted by atomic mass is 32.2. The van der Waals surface area contributed by atoms with Crippen LogP contribution in [-0.4, -0.2) is 94.9 Å². The predicted molar refractivity (Wildman–Crippen MR) is 189 cm³/mol. The van der Waals surface area contributed by atoms with Crippen LogP contribution >= 0.6 is 11.8 Å². The first-order valence-electron chi connectivity index (χ1n) is 16.2. The second-order valence-corrected chi connectivity index (χ2v) is 15.3. The Hall–Kier alpha value is -4.07. The third-order valence-corrected chi connectivity index (χ3v) is 11.6. The summed E-state index contributed by atoms with van der Waals surface area (Å²) in [4.78, 5) is 23.0. The number of rotatable bonds is 7. The van der Waals surface area contributed by atoms with E-state index in [1.165, 1.54) is 21.6 Å². The summed E-state index contributed by atoms with van der Waals surface area (Å²) in [6.45, 7) is 8.61. The lowest BCUT2D eigenvalue weighted by Gasteiger charge is -2.35. The minimum atomic E-state index is -3.77. The van der Waals surface area contributed by atoms with Gasteiger partial charge in [-0.25, -0.2) is 13.1 Å². The number of carbonyl (C=O) groups is 1. The molecule has 1 amide bonds. The molecule has 2 atom stereocenters. The van der Waals surface area contributed by atoms with Crippen molar-refractivity contribution < 1.29 is 17.9 Å². The van der Waals surface area contributed by atoms with Crippen molar-refractivity contribution in [3.63, 3.8) is 0 Å².